The quantitative estimate of drug-likeness (QED) is 0.581. The Labute approximate surface area is 168 Å². The van der Waals surface area contributed by atoms with Crippen LogP contribution in [0, 0.1) is 0 Å². The topological polar surface area (TPSA) is 81.9 Å². The first-order valence-corrected chi connectivity index (χ1v) is 10.0. The predicted molar refractivity (Wildman–Crippen MR) is 110 cm³/mol. The van der Waals surface area contributed by atoms with Gasteiger partial charge in [0.15, 0.2) is 11.0 Å². The smallest absolute Gasteiger partial charge is 0.237 e. The molecule has 1 aromatic carbocycles. The molecule has 2 aromatic heterocycles. The zero-order valence-corrected chi connectivity index (χ0v) is 16.9. The summed E-state index contributed by atoms with van der Waals surface area (Å²) in [4.78, 5) is 16.6. The summed E-state index contributed by atoms with van der Waals surface area (Å²) in [5.74, 6) is 1.46. The number of benzene rings is 1. The lowest BCUT2D eigenvalue weighted by atomic mass is 10.2. The highest BCUT2D eigenvalue weighted by Gasteiger charge is 2.20. The molecule has 0 saturated heterocycles. The molecule has 3 rings (SSSR count). The Hall–Kier alpha value is -2.87. The van der Waals surface area contributed by atoms with Crippen molar-refractivity contribution in [2.24, 2.45) is 0 Å². The van der Waals surface area contributed by atoms with Crippen molar-refractivity contribution in [3.8, 4) is 17.1 Å². The molecule has 0 aliphatic heterocycles. The summed E-state index contributed by atoms with van der Waals surface area (Å²) >= 11 is 1.39. The SMILES string of the molecule is CCOc1ccc(NC(=O)[C@@H](C)Sc2nnc(-c3ccncc3)n2CC)cc1. The van der Waals surface area contributed by atoms with Gasteiger partial charge in [-0.15, -0.1) is 10.2 Å². The van der Waals surface area contributed by atoms with Crippen LogP contribution in [0.3, 0.4) is 0 Å². The molecule has 0 fully saturated rings. The standard InChI is InChI=1S/C20H23N5O2S/c1-4-25-18(15-10-12-21-13-11-15)23-24-20(25)28-14(3)19(26)22-16-6-8-17(9-7-16)27-5-2/h6-14H,4-5H2,1-3H3,(H,22,26)/t14-/m1/s1. The first-order chi connectivity index (χ1) is 13.6. The third-order valence-electron chi connectivity index (χ3n) is 4.06. The van der Waals surface area contributed by atoms with Gasteiger partial charge in [-0.25, -0.2) is 0 Å². The van der Waals surface area contributed by atoms with Gasteiger partial charge in [-0.05, 0) is 57.2 Å². The van der Waals surface area contributed by atoms with E-state index in [4.69, 9.17) is 4.74 Å². The van der Waals surface area contributed by atoms with Crippen LogP contribution in [0.25, 0.3) is 11.4 Å². The molecule has 0 unspecified atom stereocenters. The van der Waals surface area contributed by atoms with Crippen molar-refractivity contribution in [1.82, 2.24) is 19.7 Å². The molecule has 3 aromatic rings. The van der Waals surface area contributed by atoms with Crippen molar-refractivity contribution >= 4 is 23.4 Å². The van der Waals surface area contributed by atoms with Gasteiger partial charge in [0.25, 0.3) is 0 Å². The molecule has 146 valence electrons. The van der Waals surface area contributed by atoms with E-state index < -0.39 is 0 Å². The van der Waals surface area contributed by atoms with Crippen LogP contribution in [0.4, 0.5) is 5.69 Å². The summed E-state index contributed by atoms with van der Waals surface area (Å²) in [6.07, 6.45) is 3.45. The number of nitrogens with one attached hydrogen (secondary N) is 1. The summed E-state index contributed by atoms with van der Waals surface area (Å²) in [5.41, 5.74) is 1.68. The van der Waals surface area contributed by atoms with Crippen LogP contribution in [-0.2, 0) is 11.3 Å². The maximum Gasteiger partial charge on any atom is 0.237 e. The van der Waals surface area contributed by atoms with Crippen molar-refractivity contribution in [3.63, 3.8) is 0 Å². The van der Waals surface area contributed by atoms with E-state index in [0.29, 0.717) is 18.3 Å². The van der Waals surface area contributed by atoms with Crippen LogP contribution in [0.1, 0.15) is 20.8 Å². The first kappa shape index (κ1) is 19.9. The second-order valence-electron chi connectivity index (χ2n) is 5.99. The molecule has 28 heavy (non-hydrogen) atoms. The van der Waals surface area contributed by atoms with Gasteiger partial charge in [-0.2, -0.15) is 0 Å². The number of aromatic nitrogens is 4. The fraction of sp³-hybridized carbons (Fsp3) is 0.300. The maximum atomic E-state index is 12.6. The van der Waals surface area contributed by atoms with Crippen molar-refractivity contribution < 1.29 is 9.53 Å². The van der Waals surface area contributed by atoms with Gasteiger partial charge in [-0.1, -0.05) is 11.8 Å². The summed E-state index contributed by atoms with van der Waals surface area (Å²) < 4.78 is 7.42. The number of carbonyl (C=O) groups is 1. The fourth-order valence-electron chi connectivity index (χ4n) is 2.63. The minimum Gasteiger partial charge on any atom is -0.494 e. The number of amides is 1. The third-order valence-corrected chi connectivity index (χ3v) is 5.14. The van der Waals surface area contributed by atoms with Crippen molar-refractivity contribution in [1.29, 1.82) is 0 Å². The second-order valence-corrected chi connectivity index (χ2v) is 7.30. The van der Waals surface area contributed by atoms with Gasteiger partial charge < -0.3 is 14.6 Å². The highest BCUT2D eigenvalue weighted by Crippen LogP contribution is 2.27. The Morgan fingerprint density at radius 1 is 1.14 bits per heavy atom. The number of anilines is 1. The number of thioether (sulfide) groups is 1. The monoisotopic (exact) mass is 397 g/mol. The van der Waals surface area contributed by atoms with E-state index in [1.165, 1.54) is 11.8 Å². The molecule has 0 aliphatic rings. The van der Waals surface area contributed by atoms with Gasteiger partial charge in [0.2, 0.25) is 5.91 Å². The lowest BCUT2D eigenvalue weighted by molar-refractivity contribution is -0.115. The Morgan fingerprint density at radius 3 is 2.50 bits per heavy atom. The fourth-order valence-corrected chi connectivity index (χ4v) is 3.55. The number of hydrogen-bond donors (Lipinski definition) is 1. The molecule has 7 nitrogen and oxygen atoms in total. The number of pyridine rings is 1. The molecular formula is C20H23N5O2S. The predicted octanol–water partition coefficient (Wildman–Crippen LogP) is 3.88. The Balaban J connectivity index is 1.68. The highest BCUT2D eigenvalue weighted by atomic mass is 32.2. The molecule has 0 saturated carbocycles. The Kier molecular flexibility index (Phi) is 6.65. The average molecular weight is 398 g/mol. The number of hydrogen-bond acceptors (Lipinski definition) is 6. The lowest BCUT2D eigenvalue weighted by Crippen LogP contribution is -2.22. The molecule has 1 atom stereocenters. The number of nitrogens with zero attached hydrogens (tertiary/aromatic N) is 4. The Bertz CT molecular complexity index is 912. The van der Waals surface area contributed by atoms with E-state index in [1.807, 2.05) is 61.7 Å². The van der Waals surface area contributed by atoms with Crippen LogP contribution < -0.4 is 10.1 Å². The first-order valence-electron chi connectivity index (χ1n) is 9.16. The summed E-state index contributed by atoms with van der Waals surface area (Å²) in [6, 6.07) is 11.1. The Morgan fingerprint density at radius 2 is 1.86 bits per heavy atom. The lowest BCUT2D eigenvalue weighted by Gasteiger charge is -2.13. The molecule has 1 N–H and O–H groups in total. The summed E-state index contributed by atoms with van der Waals surface area (Å²) in [7, 11) is 0. The van der Waals surface area contributed by atoms with E-state index in [2.05, 4.69) is 20.5 Å². The number of carbonyl (C=O) groups excluding carboxylic acids is 1. The average Bonchev–Trinajstić information content (AvgIpc) is 3.12. The van der Waals surface area contributed by atoms with Gasteiger partial charge in [0, 0.05) is 30.2 Å². The molecule has 0 radical (unpaired) electrons. The summed E-state index contributed by atoms with van der Waals surface area (Å²) in [6.45, 7) is 7.14. The van der Waals surface area contributed by atoms with E-state index >= 15 is 0 Å². The van der Waals surface area contributed by atoms with E-state index in [1.54, 1.807) is 12.4 Å². The molecule has 0 aliphatic carbocycles. The molecule has 0 spiro atoms. The molecular weight excluding hydrogens is 374 g/mol. The normalized spacial score (nSPS) is 11.8. The van der Waals surface area contributed by atoms with Crippen LogP contribution >= 0.6 is 11.8 Å². The van der Waals surface area contributed by atoms with Crippen LogP contribution in [-0.4, -0.2) is 37.5 Å². The zero-order chi connectivity index (χ0) is 19.9. The van der Waals surface area contributed by atoms with Crippen molar-refractivity contribution in [3.05, 3.63) is 48.8 Å². The minimum atomic E-state index is -0.327. The van der Waals surface area contributed by atoms with Gasteiger partial charge in [0.05, 0.1) is 11.9 Å². The van der Waals surface area contributed by atoms with Gasteiger partial charge >= 0.3 is 0 Å². The molecule has 2 heterocycles. The van der Waals surface area contributed by atoms with Crippen molar-refractivity contribution in [2.75, 3.05) is 11.9 Å². The second kappa shape index (κ2) is 9.36. The van der Waals surface area contributed by atoms with Crippen LogP contribution in [0.2, 0.25) is 0 Å². The molecule has 0 bridgehead atoms. The third kappa shape index (κ3) is 4.69. The van der Waals surface area contributed by atoms with Crippen molar-refractivity contribution in [2.45, 2.75) is 37.7 Å². The van der Waals surface area contributed by atoms with E-state index in [-0.39, 0.29) is 11.2 Å². The minimum absolute atomic E-state index is 0.0923. The number of rotatable bonds is 8. The van der Waals surface area contributed by atoms with Crippen LogP contribution in [0.5, 0.6) is 5.75 Å². The van der Waals surface area contributed by atoms with Gasteiger partial charge in [0.1, 0.15) is 5.75 Å². The van der Waals surface area contributed by atoms with E-state index in [9.17, 15) is 4.79 Å². The zero-order valence-electron chi connectivity index (χ0n) is 16.1. The van der Waals surface area contributed by atoms with Crippen LogP contribution in [0.15, 0.2) is 53.9 Å². The van der Waals surface area contributed by atoms with Gasteiger partial charge in [-0.3, -0.25) is 9.78 Å². The summed E-state index contributed by atoms with van der Waals surface area (Å²) in [5, 5.41) is 11.9. The highest BCUT2D eigenvalue weighted by molar-refractivity contribution is 8.00. The van der Waals surface area contributed by atoms with E-state index in [0.717, 1.165) is 22.8 Å². The largest absolute Gasteiger partial charge is 0.494 e. The molecule has 8 heteroatoms. The number of ether oxygens (including phenoxy) is 1. The molecule has 1 amide bonds. The maximum absolute atomic E-state index is 12.6.